The van der Waals surface area contributed by atoms with E-state index in [0.717, 1.165) is 25.9 Å². The first-order valence-electron chi connectivity index (χ1n) is 6.24. The van der Waals surface area contributed by atoms with Crippen molar-refractivity contribution < 1.29 is 14.3 Å². The van der Waals surface area contributed by atoms with Gasteiger partial charge in [0.25, 0.3) is 5.91 Å². The van der Waals surface area contributed by atoms with Gasteiger partial charge in [0.15, 0.2) is 11.5 Å². The largest absolute Gasteiger partial charge is 0.454 e. The van der Waals surface area contributed by atoms with Crippen LogP contribution in [0.25, 0.3) is 0 Å². The summed E-state index contributed by atoms with van der Waals surface area (Å²) >= 11 is 0. The molecule has 2 heterocycles. The van der Waals surface area contributed by atoms with Gasteiger partial charge in [-0.2, -0.15) is 0 Å². The summed E-state index contributed by atoms with van der Waals surface area (Å²) in [6.45, 7) is 2.11. The molecular formula is C13H16N2O3. The van der Waals surface area contributed by atoms with Crippen LogP contribution < -0.4 is 20.1 Å². The molecule has 18 heavy (non-hydrogen) atoms. The first-order valence-corrected chi connectivity index (χ1v) is 6.24. The normalized spacial score (nSPS) is 21.7. The Bertz CT molecular complexity index is 456. The van der Waals surface area contributed by atoms with E-state index in [9.17, 15) is 4.79 Å². The zero-order chi connectivity index (χ0) is 12.4. The van der Waals surface area contributed by atoms with Crippen LogP contribution in [0.5, 0.6) is 11.5 Å². The molecule has 0 radical (unpaired) electrons. The molecule has 5 nitrogen and oxygen atoms in total. The van der Waals surface area contributed by atoms with E-state index in [1.807, 2.05) is 0 Å². The van der Waals surface area contributed by atoms with Crippen molar-refractivity contribution >= 4 is 5.91 Å². The number of nitrogens with one attached hydrogen (secondary N) is 2. The zero-order valence-electron chi connectivity index (χ0n) is 10.1. The van der Waals surface area contributed by atoms with Gasteiger partial charge in [0.05, 0.1) is 0 Å². The Morgan fingerprint density at radius 2 is 2.22 bits per heavy atom. The predicted octanol–water partition coefficient (Wildman–Crippen LogP) is 0.897. The van der Waals surface area contributed by atoms with Gasteiger partial charge in [-0.15, -0.1) is 0 Å². The van der Waals surface area contributed by atoms with Gasteiger partial charge < -0.3 is 20.1 Å². The minimum atomic E-state index is -0.0537. The van der Waals surface area contributed by atoms with Crippen molar-refractivity contribution in [2.24, 2.45) is 0 Å². The van der Waals surface area contributed by atoms with Crippen LogP contribution in [0.1, 0.15) is 23.2 Å². The van der Waals surface area contributed by atoms with Crippen molar-refractivity contribution in [1.29, 1.82) is 0 Å². The molecule has 0 spiro atoms. The summed E-state index contributed by atoms with van der Waals surface area (Å²) in [6, 6.07) is 5.49. The monoisotopic (exact) mass is 248 g/mol. The van der Waals surface area contributed by atoms with Crippen LogP contribution in [-0.4, -0.2) is 31.8 Å². The summed E-state index contributed by atoms with van der Waals surface area (Å²) < 4.78 is 10.5. The third-order valence-electron chi connectivity index (χ3n) is 3.27. The fourth-order valence-electron chi connectivity index (χ4n) is 2.28. The maximum atomic E-state index is 12.1. The van der Waals surface area contributed by atoms with E-state index >= 15 is 0 Å². The quantitative estimate of drug-likeness (QED) is 0.816. The van der Waals surface area contributed by atoms with Crippen molar-refractivity contribution in [2.75, 3.05) is 19.9 Å². The number of benzene rings is 1. The van der Waals surface area contributed by atoms with E-state index in [2.05, 4.69) is 10.6 Å². The molecule has 0 aliphatic carbocycles. The molecule has 1 unspecified atom stereocenters. The molecule has 3 rings (SSSR count). The molecule has 96 valence electrons. The van der Waals surface area contributed by atoms with Crippen LogP contribution in [0.3, 0.4) is 0 Å². The highest BCUT2D eigenvalue weighted by Crippen LogP contribution is 2.32. The average Bonchev–Trinajstić information content (AvgIpc) is 2.87. The number of rotatable bonds is 2. The Kier molecular flexibility index (Phi) is 3.06. The highest BCUT2D eigenvalue weighted by Gasteiger charge is 2.19. The van der Waals surface area contributed by atoms with Crippen LogP contribution in [0.4, 0.5) is 0 Å². The summed E-state index contributed by atoms with van der Waals surface area (Å²) in [4.78, 5) is 12.1. The molecule has 2 aliphatic rings. The number of amides is 1. The molecule has 5 heteroatoms. The molecule has 1 saturated heterocycles. The van der Waals surface area contributed by atoms with Gasteiger partial charge in [-0.05, 0) is 37.6 Å². The van der Waals surface area contributed by atoms with Crippen molar-refractivity contribution in [3.8, 4) is 11.5 Å². The lowest BCUT2D eigenvalue weighted by atomic mass is 10.1. The van der Waals surface area contributed by atoms with Crippen LogP contribution in [0, 0.1) is 0 Å². The van der Waals surface area contributed by atoms with E-state index < -0.39 is 0 Å². The molecule has 1 fully saturated rings. The van der Waals surface area contributed by atoms with Crippen molar-refractivity contribution in [3.05, 3.63) is 23.8 Å². The molecule has 0 aromatic heterocycles. The molecule has 0 bridgehead atoms. The zero-order valence-corrected chi connectivity index (χ0v) is 10.1. The molecule has 1 aromatic carbocycles. The molecule has 1 atom stereocenters. The summed E-state index contributed by atoms with van der Waals surface area (Å²) in [7, 11) is 0. The van der Waals surface area contributed by atoms with Crippen LogP contribution in [-0.2, 0) is 0 Å². The van der Waals surface area contributed by atoms with Crippen LogP contribution in [0.15, 0.2) is 18.2 Å². The Labute approximate surface area is 105 Å². The Hall–Kier alpha value is -1.75. The number of piperidine rings is 1. The molecular weight excluding hydrogens is 232 g/mol. The van der Waals surface area contributed by atoms with Crippen molar-refractivity contribution in [2.45, 2.75) is 18.9 Å². The lowest BCUT2D eigenvalue weighted by Crippen LogP contribution is -2.45. The molecule has 2 N–H and O–H groups in total. The predicted molar refractivity (Wildman–Crippen MR) is 65.9 cm³/mol. The maximum absolute atomic E-state index is 12.1. The second-order valence-electron chi connectivity index (χ2n) is 4.58. The summed E-state index contributed by atoms with van der Waals surface area (Å²) in [5.41, 5.74) is 0.616. The number of hydrogen-bond donors (Lipinski definition) is 2. The van der Waals surface area contributed by atoms with Crippen LogP contribution in [0.2, 0.25) is 0 Å². The van der Waals surface area contributed by atoms with Gasteiger partial charge in [-0.1, -0.05) is 0 Å². The molecule has 1 amide bonds. The highest BCUT2D eigenvalue weighted by atomic mass is 16.7. The number of carbonyl (C=O) groups is 1. The number of ether oxygens (including phenoxy) is 2. The van der Waals surface area contributed by atoms with Crippen molar-refractivity contribution in [1.82, 2.24) is 10.6 Å². The SMILES string of the molecule is O=C(NC1CCCNC1)c1ccc2c(c1)OCO2. The van der Waals surface area contributed by atoms with Gasteiger partial charge in [-0.25, -0.2) is 0 Å². The van der Waals surface area contributed by atoms with Gasteiger partial charge in [0, 0.05) is 18.2 Å². The summed E-state index contributed by atoms with van der Waals surface area (Å²) in [5, 5.41) is 6.30. The second kappa shape index (κ2) is 4.86. The minimum absolute atomic E-state index is 0.0537. The lowest BCUT2D eigenvalue weighted by molar-refractivity contribution is 0.0930. The number of fused-ring (bicyclic) bond motifs is 1. The second-order valence-corrected chi connectivity index (χ2v) is 4.58. The van der Waals surface area contributed by atoms with Gasteiger partial charge >= 0.3 is 0 Å². The Balaban J connectivity index is 1.68. The first kappa shape index (κ1) is 11.3. The average molecular weight is 248 g/mol. The number of hydrogen-bond acceptors (Lipinski definition) is 4. The lowest BCUT2D eigenvalue weighted by Gasteiger charge is -2.23. The van der Waals surface area contributed by atoms with Crippen LogP contribution >= 0.6 is 0 Å². The maximum Gasteiger partial charge on any atom is 0.251 e. The van der Waals surface area contributed by atoms with Gasteiger partial charge in [0.1, 0.15) is 0 Å². The minimum Gasteiger partial charge on any atom is -0.454 e. The van der Waals surface area contributed by atoms with Gasteiger partial charge in [0.2, 0.25) is 6.79 Å². The molecule has 0 saturated carbocycles. The van der Waals surface area contributed by atoms with E-state index in [4.69, 9.17) is 9.47 Å². The smallest absolute Gasteiger partial charge is 0.251 e. The van der Waals surface area contributed by atoms with E-state index in [1.165, 1.54) is 0 Å². The van der Waals surface area contributed by atoms with E-state index in [-0.39, 0.29) is 18.7 Å². The fourth-order valence-corrected chi connectivity index (χ4v) is 2.28. The molecule has 2 aliphatic heterocycles. The van der Waals surface area contributed by atoms with Crippen molar-refractivity contribution in [3.63, 3.8) is 0 Å². The van der Waals surface area contributed by atoms with Gasteiger partial charge in [-0.3, -0.25) is 4.79 Å². The highest BCUT2D eigenvalue weighted by molar-refractivity contribution is 5.95. The first-order chi connectivity index (χ1) is 8.83. The van der Waals surface area contributed by atoms with E-state index in [0.29, 0.717) is 17.1 Å². The standard InChI is InChI=1S/C13H16N2O3/c16-13(15-10-2-1-5-14-7-10)9-3-4-11-12(6-9)18-8-17-11/h3-4,6,10,14H,1-2,5,7-8H2,(H,15,16). The molecule has 1 aromatic rings. The third kappa shape index (κ3) is 2.26. The fraction of sp³-hybridized carbons (Fsp3) is 0.462. The topological polar surface area (TPSA) is 59.6 Å². The number of carbonyl (C=O) groups excluding carboxylic acids is 1. The van der Waals surface area contributed by atoms with E-state index in [1.54, 1.807) is 18.2 Å². The summed E-state index contributed by atoms with van der Waals surface area (Å²) in [5.74, 6) is 1.29. The third-order valence-corrected chi connectivity index (χ3v) is 3.27. The summed E-state index contributed by atoms with van der Waals surface area (Å²) in [6.07, 6.45) is 2.13. The Morgan fingerprint density at radius 3 is 3.06 bits per heavy atom. The Morgan fingerprint density at radius 1 is 1.33 bits per heavy atom.